The molecule has 5 rings (SSSR count). The molecular formula is C29H38F2N4O3S2. The Morgan fingerprint density at radius 2 is 1.80 bits per heavy atom. The van der Waals surface area contributed by atoms with Gasteiger partial charge in [0.05, 0.1) is 0 Å². The van der Waals surface area contributed by atoms with E-state index in [0.29, 0.717) is 22.6 Å². The van der Waals surface area contributed by atoms with E-state index < -0.39 is 15.9 Å². The Hall–Kier alpha value is -2.21. The van der Waals surface area contributed by atoms with E-state index in [1.54, 1.807) is 6.92 Å². The van der Waals surface area contributed by atoms with E-state index in [4.69, 9.17) is 0 Å². The van der Waals surface area contributed by atoms with Gasteiger partial charge in [0.25, 0.3) is 11.5 Å². The monoisotopic (exact) mass is 592 g/mol. The fourth-order valence-electron chi connectivity index (χ4n) is 6.59. The molecule has 3 N–H and O–H groups in total. The maximum Gasteiger partial charge on any atom is 0.253 e. The van der Waals surface area contributed by atoms with Crippen molar-refractivity contribution in [3.63, 3.8) is 0 Å². The van der Waals surface area contributed by atoms with Crippen LogP contribution in [0.2, 0.25) is 0 Å². The topological polar surface area (TPSA) is 96.0 Å². The average molecular weight is 593 g/mol. The summed E-state index contributed by atoms with van der Waals surface area (Å²) in [4.78, 5) is 16.4. The van der Waals surface area contributed by atoms with Gasteiger partial charge in [-0.2, -0.15) is 0 Å². The number of aromatic amines is 1. The summed E-state index contributed by atoms with van der Waals surface area (Å²) < 4.78 is 58.8. The molecule has 2 aliphatic carbocycles. The first-order chi connectivity index (χ1) is 18.9. The molecular weight excluding hydrogens is 554 g/mol. The quantitative estimate of drug-likeness (QED) is 0.279. The number of rotatable bonds is 9. The number of halogens is 2. The third-order valence-corrected chi connectivity index (χ3v) is 11.1. The van der Waals surface area contributed by atoms with Gasteiger partial charge < -0.3 is 14.9 Å². The minimum Gasteiger partial charge on any atom is -0.340 e. The van der Waals surface area contributed by atoms with Crippen molar-refractivity contribution >= 4 is 32.7 Å². The van der Waals surface area contributed by atoms with E-state index in [1.165, 1.54) is 11.8 Å². The van der Waals surface area contributed by atoms with Gasteiger partial charge in [0.2, 0.25) is 10.0 Å². The third kappa shape index (κ3) is 5.75. The molecule has 0 unspecified atom stereocenters. The lowest BCUT2D eigenvalue weighted by Gasteiger charge is -2.41. The highest BCUT2D eigenvalue weighted by Gasteiger charge is 2.46. The average Bonchev–Trinajstić information content (AvgIpc) is 3.19. The molecule has 2 saturated carbocycles. The maximum atomic E-state index is 13.8. The number of nitrogens with one attached hydrogen (secondary N) is 3. The molecule has 0 amide bonds. The fraction of sp³-hybridized carbons (Fsp3) is 0.552. The summed E-state index contributed by atoms with van der Waals surface area (Å²) in [5.41, 5.74) is 2.36. The number of hydrogen-bond acceptors (Lipinski definition) is 5. The second kappa shape index (κ2) is 11.2. The molecule has 0 aliphatic heterocycles. The van der Waals surface area contributed by atoms with Crippen molar-refractivity contribution in [3.8, 4) is 0 Å². The van der Waals surface area contributed by atoms with Crippen molar-refractivity contribution in [2.24, 2.45) is 5.92 Å². The smallest absolute Gasteiger partial charge is 0.253 e. The highest BCUT2D eigenvalue weighted by molar-refractivity contribution is 7.98. The van der Waals surface area contributed by atoms with E-state index in [1.807, 2.05) is 43.5 Å². The molecule has 7 nitrogen and oxygen atoms in total. The molecule has 3 aromatic rings. The Bertz CT molecular complexity index is 1550. The summed E-state index contributed by atoms with van der Waals surface area (Å²) in [7, 11) is -3.94. The summed E-state index contributed by atoms with van der Waals surface area (Å²) in [5, 5.41) is 4.07. The predicted octanol–water partition coefficient (Wildman–Crippen LogP) is 5.65. The van der Waals surface area contributed by atoms with Gasteiger partial charge >= 0.3 is 0 Å². The van der Waals surface area contributed by atoms with Gasteiger partial charge in [0.15, 0.2) is 0 Å². The first-order valence-corrected chi connectivity index (χ1v) is 16.6. The van der Waals surface area contributed by atoms with Crippen LogP contribution in [0.5, 0.6) is 0 Å². The van der Waals surface area contributed by atoms with Crippen molar-refractivity contribution in [3.05, 3.63) is 57.6 Å². The Morgan fingerprint density at radius 3 is 2.45 bits per heavy atom. The van der Waals surface area contributed by atoms with Crippen LogP contribution in [0.25, 0.3) is 10.9 Å². The fourth-order valence-corrected chi connectivity index (χ4v) is 8.73. The van der Waals surface area contributed by atoms with Crippen molar-refractivity contribution in [2.75, 3.05) is 6.26 Å². The zero-order valence-electron chi connectivity index (χ0n) is 23.4. The van der Waals surface area contributed by atoms with Gasteiger partial charge in [-0.3, -0.25) is 4.79 Å². The molecule has 0 spiro atoms. The third-order valence-electron chi connectivity index (χ3n) is 8.68. The molecule has 2 aliphatic rings. The maximum absolute atomic E-state index is 13.8. The van der Waals surface area contributed by atoms with Crippen molar-refractivity contribution in [1.29, 1.82) is 0 Å². The molecule has 0 bridgehead atoms. The van der Waals surface area contributed by atoms with Crippen LogP contribution < -0.4 is 15.6 Å². The number of benzene rings is 1. The molecule has 2 heterocycles. The molecule has 0 radical (unpaired) electrons. The molecule has 1 atom stereocenters. The second-order valence-electron chi connectivity index (χ2n) is 11.4. The zero-order valence-corrected chi connectivity index (χ0v) is 25.0. The lowest BCUT2D eigenvalue weighted by molar-refractivity contribution is -0.0957. The van der Waals surface area contributed by atoms with Gasteiger partial charge in [-0.05, 0) is 70.8 Å². The van der Waals surface area contributed by atoms with Gasteiger partial charge in [0.1, 0.15) is 4.90 Å². The van der Waals surface area contributed by atoms with Crippen LogP contribution >= 0.6 is 11.8 Å². The highest BCUT2D eigenvalue weighted by atomic mass is 32.2. The summed E-state index contributed by atoms with van der Waals surface area (Å²) in [6, 6.07) is 9.62. The largest absolute Gasteiger partial charge is 0.340 e. The summed E-state index contributed by atoms with van der Waals surface area (Å²) in [6.45, 7) is 5.69. The SMILES string of the molecule is CSc1cc(C)[nH]c(=O)c1CNS(=O)(=O)c1c(C)n([C@H](C)C2CCC(NC3CC(F)(F)C3)CC2)c2ccccc12. The van der Waals surface area contributed by atoms with Crippen LogP contribution in [0.3, 0.4) is 0 Å². The van der Waals surface area contributed by atoms with Crippen LogP contribution in [0, 0.1) is 19.8 Å². The minimum absolute atomic E-state index is 0.0610. The number of hydrogen-bond donors (Lipinski definition) is 3. The number of alkyl halides is 2. The van der Waals surface area contributed by atoms with E-state index in [2.05, 4.69) is 26.5 Å². The minimum atomic E-state index is -3.94. The second-order valence-corrected chi connectivity index (χ2v) is 14.0. The summed E-state index contributed by atoms with van der Waals surface area (Å²) in [6.07, 6.45) is 5.46. The predicted molar refractivity (Wildman–Crippen MR) is 156 cm³/mol. The number of H-pyrrole nitrogens is 1. The molecule has 11 heteroatoms. The van der Waals surface area contributed by atoms with E-state index >= 15 is 0 Å². The highest BCUT2D eigenvalue weighted by Crippen LogP contribution is 2.41. The molecule has 0 saturated heterocycles. The van der Waals surface area contributed by atoms with Gasteiger partial charge in [-0.1, -0.05) is 18.2 Å². The Kier molecular flexibility index (Phi) is 8.22. The van der Waals surface area contributed by atoms with E-state index in [-0.39, 0.29) is 48.0 Å². The summed E-state index contributed by atoms with van der Waals surface area (Å²) in [5.74, 6) is -2.18. The number of pyridine rings is 1. The number of thioether (sulfide) groups is 1. The lowest BCUT2D eigenvalue weighted by Crippen LogP contribution is -2.52. The Morgan fingerprint density at radius 1 is 1.12 bits per heavy atom. The van der Waals surface area contributed by atoms with Crippen LogP contribution in [-0.4, -0.2) is 42.2 Å². The van der Waals surface area contributed by atoms with Gasteiger partial charge in [0, 0.05) is 70.3 Å². The van der Waals surface area contributed by atoms with Crippen LogP contribution in [0.4, 0.5) is 8.78 Å². The number of sulfonamides is 1. The van der Waals surface area contributed by atoms with Crippen molar-refractivity contribution < 1.29 is 17.2 Å². The number of aromatic nitrogens is 2. The Balaban J connectivity index is 1.36. The van der Waals surface area contributed by atoms with Gasteiger partial charge in [-0.25, -0.2) is 21.9 Å². The molecule has 2 aromatic heterocycles. The number of aryl methyl sites for hydroxylation is 1. The van der Waals surface area contributed by atoms with E-state index in [9.17, 15) is 22.0 Å². The van der Waals surface area contributed by atoms with Crippen molar-refractivity contribution in [1.82, 2.24) is 19.6 Å². The van der Waals surface area contributed by atoms with Crippen LogP contribution in [-0.2, 0) is 16.6 Å². The van der Waals surface area contributed by atoms with Crippen LogP contribution in [0.15, 0.2) is 44.9 Å². The number of fused-ring (bicyclic) bond motifs is 1. The van der Waals surface area contributed by atoms with E-state index in [0.717, 1.165) is 41.8 Å². The Labute approximate surface area is 238 Å². The van der Waals surface area contributed by atoms with Crippen LogP contribution in [0.1, 0.15) is 68.4 Å². The molecule has 218 valence electrons. The first-order valence-electron chi connectivity index (χ1n) is 13.9. The normalized spacial score (nSPS) is 22.4. The van der Waals surface area contributed by atoms with Crippen molar-refractivity contribution in [2.45, 2.75) is 99.7 Å². The van der Waals surface area contributed by atoms with Gasteiger partial charge in [-0.15, -0.1) is 11.8 Å². The summed E-state index contributed by atoms with van der Waals surface area (Å²) >= 11 is 1.41. The zero-order chi connectivity index (χ0) is 28.8. The number of para-hydroxylation sites is 1. The standard InChI is InChI=1S/C29H38F2N4O3S2/c1-17-13-26(39-4)24(28(36)33-17)16-32-40(37,38)27-19(3)35(25-8-6-5-7-23(25)27)18(2)20-9-11-21(12-10-20)34-22-14-29(30,31)15-22/h5-8,13,18,20-22,32,34H,9-12,14-16H2,1-4H3,(H,33,36)/t18-,20?,21?/m1/s1. The molecule has 40 heavy (non-hydrogen) atoms. The first kappa shape index (κ1) is 29.3. The number of nitrogens with zero attached hydrogens (tertiary/aromatic N) is 1. The molecule has 2 fully saturated rings. The lowest BCUT2D eigenvalue weighted by atomic mass is 9.80. The molecule has 1 aromatic carbocycles.